The average Bonchev–Trinajstić information content (AvgIpc) is 2.92. The molecule has 1 aromatic rings. The maximum Gasteiger partial charge on any atom is 0.320 e. The molecule has 0 aromatic carbocycles. The Kier molecular flexibility index (Phi) is 7.76. The normalized spacial score (nSPS) is 15.2. The summed E-state index contributed by atoms with van der Waals surface area (Å²) in [4.78, 5) is 25.8. The Balaban J connectivity index is 2.85. The van der Waals surface area contributed by atoms with Crippen LogP contribution in [0.2, 0.25) is 0 Å². The van der Waals surface area contributed by atoms with Crippen molar-refractivity contribution in [2.45, 2.75) is 63.6 Å². The van der Waals surface area contributed by atoms with E-state index in [0.29, 0.717) is 12.1 Å². The zero-order chi connectivity index (χ0) is 16.5. The number of nitrogens with two attached hydrogens (primary N) is 1. The molecule has 0 fully saturated rings. The summed E-state index contributed by atoms with van der Waals surface area (Å²) in [6.45, 7) is 2.08. The van der Waals surface area contributed by atoms with Gasteiger partial charge in [-0.05, 0) is 6.42 Å². The fourth-order valence-corrected chi connectivity index (χ4v) is 2.45. The quantitative estimate of drug-likeness (QED) is 0.413. The predicted molar refractivity (Wildman–Crippen MR) is 81.4 cm³/mol. The Morgan fingerprint density at radius 3 is 2.82 bits per heavy atom. The number of carboxylic acid groups (broad SMARTS) is 1. The van der Waals surface area contributed by atoms with Crippen molar-refractivity contribution in [3.8, 4) is 0 Å². The molecule has 2 unspecified atom stereocenters. The lowest BCUT2D eigenvalue weighted by Crippen LogP contribution is -2.34. The first-order valence-electron chi connectivity index (χ1n) is 7.62. The lowest BCUT2D eigenvalue weighted by atomic mass is 10.0. The van der Waals surface area contributed by atoms with Crippen LogP contribution in [0.15, 0.2) is 12.5 Å². The fourth-order valence-electron chi connectivity index (χ4n) is 2.45. The van der Waals surface area contributed by atoms with Crippen molar-refractivity contribution >= 4 is 12.3 Å². The number of carboxylic acids is 1. The van der Waals surface area contributed by atoms with Crippen LogP contribution in [-0.2, 0) is 16.0 Å². The standard InChI is InChI=1S/C15H25N3O4/c1-2-3-4-5-14(20)13(6-7-19)18-10-17-9-11(18)8-12(16)15(21)22/h7,9-10,12-14,20H,2-6,8,16H2,1H3,(H,21,22)/t12-,13?,14?/m0/s1. The third-order valence-electron chi connectivity index (χ3n) is 3.74. The van der Waals surface area contributed by atoms with E-state index >= 15 is 0 Å². The molecular formula is C15H25N3O4. The number of aromatic nitrogens is 2. The molecule has 124 valence electrons. The van der Waals surface area contributed by atoms with Crippen molar-refractivity contribution in [2.24, 2.45) is 5.73 Å². The van der Waals surface area contributed by atoms with Crippen LogP contribution >= 0.6 is 0 Å². The molecule has 7 nitrogen and oxygen atoms in total. The Morgan fingerprint density at radius 2 is 2.23 bits per heavy atom. The number of aliphatic carboxylic acids is 1. The van der Waals surface area contributed by atoms with E-state index in [2.05, 4.69) is 11.9 Å². The van der Waals surface area contributed by atoms with Gasteiger partial charge in [0.15, 0.2) is 0 Å². The minimum Gasteiger partial charge on any atom is -0.480 e. The first kappa shape index (κ1) is 18.3. The van der Waals surface area contributed by atoms with Crippen LogP contribution < -0.4 is 5.73 Å². The van der Waals surface area contributed by atoms with Crippen LogP contribution in [-0.4, -0.2) is 44.2 Å². The summed E-state index contributed by atoms with van der Waals surface area (Å²) < 4.78 is 1.67. The number of nitrogens with zero attached hydrogens (tertiary/aromatic N) is 2. The van der Waals surface area contributed by atoms with E-state index in [9.17, 15) is 14.7 Å². The largest absolute Gasteiger partial charge is 0.480 e. The predicted octanol–water partition coefficient (Wildman–Crippen LogP) is 0.909. The summed E-state index contributed by atoms with van der Waals surface area (Å²) in [5.74, 6) is -1.09. The van der Waals surface area contributed by atoms with E-state index in [-0.39, 0.29) is 12.8 Å². The number of aliphatic hydroxyl groups excluding tert-OH is 1. The van der Waals surface area contributed by atoms with E-state index < -0.39 is 24.2 Å². The number of carbonyl (C=O) groups excluding carboxylic acids is 1. The highest BCUT2D eigenvalue weighted by Gasteiger charge is 2.24. The molecule has 22 heavy (non-hydrogen) atoms. The van der Waals surface area contributed by atoms with E-state index in [0.717, 1.165) is 25.5 Å². The highest BCUT2D eigenvalue weighted by atomic mass is 16.4. The van der Waals surface area contributed by atoms with Crippen molar-refractivity contribution < 1.29 is 19.8 Å². The van der Waals surface area contributed by atoms with Gasteiger partial charge in [0.1, 0.15) is 12.3 Å². The van der Waals surface area contributed by atoms with Crippen LogP contribution in [0.4, 0.5) is 0 Å². The Labute approximate surface area is 130 Å². The molecule has 4 N–H and O–H groups in total. The Bertz CT molecular complexity index is 475. The molecule has 0 radical (unpaired) electrons. The molecular weight excluding hydrogens is 286 g/mol. The molecule has 1 heterocycles. The van der Waals surface area contributed by atoms with Crippen LogP contribution in [0.5, 0.6) is 0 Å². The summed E-state index contributed by atoms with van der Waals surface area (Å²) in [5, 5.41) is 19.3. The van der Waals surface area contributed by atoms with Gasteiger partial charge in [-0.1, -0.05) is 26.2 Å². The summed E-state index contributed by atoms with van der Waals surface area (Å²) in [6.07, 6.45) is 6.92. The van der Waals surface area contributed by atoms with Gasteiger partial charge in [-0.2, -0.15) is 0 Å². The van der Waals surface area contributed by atoms with Gasteiger partial charge in [0, 0.05) is 24.7 Å². The van der Waals surface area contributed by atoms with Crippen molar-refractivity contribution in [3.63, 3.8) is 0 Å². The first-order valence-corrected chi connectivity index (χ1v) is 7.62. The number of rotatable bonds is 11. The topological polar surface area (TPSA) is 118 Å². The van der Waals surface area contributed by atoms with Gasteiger partial charge >= 0.3 is 5.97 Å². The molecule has 1 aromatic heterocycles. The van der Waals surface area contributed by atoms with Crippen molar-refractivity contribution in [1.29, 1.82) is 0 Å². The first-order chi connectivity index (χ1) is 10.5. The third kappa shape index (κ3) is 5.23. The van der Waals surface area contributed by atoms with Crippen molar-refractivity contribution in [1.82, 2.24) is 9.55 Å². The zero-order valence-corrected chi connectivity index (χ0v) is 12.9. The van der Waals surface area contributed by atoms with Gasteiger partial charge in [0.05, 0.1) is 18.5 Å². The molecule has 7 heteroatoms. The lowest BCUT2D eigenvalue weighted by molar-refractivity contribution is -0.138. The maximum absolute atomic E-state index is 10.9. The molecule has 0 spiro atoms. The number of imidazole rings is 1. The van der Waals surface area contributed by atoms with Crippen LogP contribution in [0, 0.1) is 0 Å². The molecule has 0 amide bonds. The number of hydrogen-bond donors (Lipinski definition) is 3. The van der Waals surface area contributed by atoms with Gasteiger partial charge in [0.2, 0.25) is 0 Å². The molecule has 0 saturated heterocycles. The minimum atomic E-state index is -1.09. The second-order valence-corrected chi connectivity index (χ2v) is 5.47. The third-order valence-corrected chi connectivity index (χ3v) is 3.74. The molecule has 3 atom stereocenters. The van der Waals surface area contributed by atoms with E-state index in [1.807, 2.05) is 0 Å². The second kappa shape index (κ2) is 9.32. The smallest absolute Gasteiger partial charge is 0.320 e. The summed E-state index contributed by atoms with van der Waals surface area (Å²) >= 11 is 0. The Hall–Kier alpha value is -1.73. The van der Waals surface area contributed by atoms with Crippen LogP contribution in [0.3, 0.4) is 0 Å². The number of aliphatic hydroxyl groups is 1. The monoisotopic (exact) mass is 311 g/mol. The number of unbranched alkanes of at least 4 members (excludes halogenated alkanes) is 2. The van der Waals surface area contributed by atoms with E-state index in [4.69, 9.17) is 10.8 Å². The molecule has 0 aliphatic rings. The highest BCUT2D eigenvalue weighted by molar-refractivity contribution is 5.73. The number of aldehydes is 1. The number of hydrogen-bond acceptors (Lipinski definition) is 5. The van der Waals surface area contributed by atoms with Gasteiger partial charge in [-0.15, -0.1) is 0 Å². The molecule has 1 rings (SSSR count). The van der Waals surface area contributed by atoms with Crippen molar-refractivity contribution in [2.75, 3.05) is 0 Å². The minimum absolute atomic E-state index is 0.104. The van der Waals surface area contributed by atoms with E-state index in [1.54, 1.807) is 4.57 Å². The Morgan fingerprint density at radius 1 is 1.50 bits per heavy atom. The van der Waals surface area contributed by atoms with Crippen LogP contribution in [0.25, 0.3) is 0 Å². The summed E-state index contributed by atoms with van der Waals surface area (Å²) in [5.41, 5.74) is 6.16. The molecule has 0 aliphatic carbocycles. The summed E-state index contributed by atoms with van der Waals surface area (Å²) in [7, 11) is 0. The van der Waals surface area contributed by atoms with Gasteiger partial charge < -0.3 is 25.3 Å². The fraction of sp³-hybridized carbons (Fsp3) is 0.667. The second-order valence-electron chi connectivity index (χ2n) is 5.47. The molecule has 0 saturated carbocycles. The summed E-state index contributed by atoms with van der Waals surface area (Å²) in [6, 6.07) is -1.47. The van der Waals surface area contributed by atoms with E-state index in [1.165, 1.54) is 12.5 Å². The van der Waals surface area contributed by atoms with Gasteiger partial charge in [-0.25, -0.2) is 4.98 Å². The van der Waals surface area contributed by atoms with Crippen molar-refractivity contribution in [3.05, 3.63) is 18.2 Å². The van der Waals surface area contributed by atoms with Gasteiger partial charge in [0.25, 0.3) is 0 Å². The molecule has 0 aliphatic heterocycles. The van der Waals surface area contributed by atoms with Crippen LogP contribution in [0.1, 0.15) is 50.8 Å². The average molecular weight is 311 g/mol. The maximum atomic E-state index is 10.9. The number of carbonyl (C=O) groups is 2. The SMILES string of the molecule is CCCCCC(O)C(CC=O)n1cncc1C[C@H](N)C(=O)O. The van der Waals surface area contributed by atoms with Gasteiger partial charge in [-0.3, -0.25) is 4.79 Å². The lowest BCUT2D eigenvalue weighted by Gasteiger charge is -2.25. The molecule has 0 bridgehead atoms. The zero-order valence-electron chi connectivity index (χ0n) is 12.9. The highest BCUT2D eigenvalue weighted by Crippen LogP contribution is 2.22.